The van der Waals surface area contributed by atoms with Crippen LogP contribution in [0.5, 0.6) is 0 Å². The Morgan fingerprint density at radius 1 is 0.863 bits per heavy atom. The predicted octanol–water partition coefficient (Wildman–Crippen LogP) is 12.7. The van der Waals surface area contributed by atoms with E-state index >= 15 is 0 Å². The number of nitrogens with zero attached hydrogens (tertiary/aromatic N) is 2. The van der Waals surface area contributed by atoms with Crippen molar-refractivity contribution >= 4 is 27.5 Å². The van der Waals surface area contributed by atoms with Gasteiger partial charge in [-0.15, -0.1) is 29.1 Å². The van der Waals surface area contributed by atoms with Gasteiger partial charge >= 0.3 is 0 Å². The zero-order chi connectivity index (χ0) is 36.9. The summed E-state index contributed by atoms with van der Waals surface area (Å²) in [4.78, 5) is 21.6. The van der Waals surface area contributed by atoms with Crippen molar-refractivity contribution in [3.05, 3.63) is 96.2 Å². The van der Waals surface area contributed by atoms with Crippen LogP contribution >= 0.6 is 0 Å². The van der Waals surface area contributed by atoms with Gasteiger partial charge in [0.15, 0.2) is 11.4 Å². The summed E-state index contributed by atoms with van der Waals surface area (Å²) in [6, 6.07) is 20.6. The number of fused-ring (bicyclic) bond motifs is 2. The van der Waals surface area contributed by atoms with Crippen LogP contribution in [-0.4, -0.2) is 20.9 Å². The Morgan fingerprint density at radius 3 is 2.12 bits per heavy atom. The van der Waals surface area contributed by atoms with Crippen molar-refractivity contribution in [2.24, 2.45) is 16.7 Å². The van der Waals surface area contributed by atoms with Crippen LogP contribution in [0.4, 0.5) is 0 Å². The minimum Gasteiger partial charge on any atom is -0.512 e. The Hall–Kier alpha value is -3.60. The fourth-order valence-electron chi connectivity index (χ4n) is 6.15. The van der Waals surface area contributed by atoms with Gasteiger partial charge in [-0.25, -0.2) is 0 Å². The Kier molecular flexibility index (Phi) is 14.2. The molecule has 0 amide bonds. The van der Waals surface area contributed by atoms with Gasteiger partial charge in [-0.2, -0.15) is 0 Å². The van der Waals surface area contributed by atoms with E-state index in [1.165, 1.54) is 22.6 Å². The third kappa shape index (κ3) is 9.64. The minimum atomic E-state index is -0.337. The van der Waals surface area contributed by atoms with E-state index in [2.05, 4.69) is 88.1 Å². The van der Waals surface area contributed by atoms with Crippen molar-refractivity contribution in [2.45, 2.75) is 114 Å². The Balaban J connectivity index is 0.000000335. The number of carbonyl (C=O) groups is 1. The van der Waals surface area contributed by atoms with E-state index in [9.17, 15) is 9.90 Å². The van der Waals surface area contributed by atoms with Crippen LogP contribution in [0, 0.1) is 22.8 Å². The van der Waals surface area contributed by atoms with Crippen LogP contribution in [0.3, 0.4) is 0 Å². The van der Waals surface area contributed by atoms with Crippen LogP contribution in [0.25, 0.3) is 44.3 Å². The first-order chi connectivity index (χ1) is 23.6. The summed E-state index contributed by atoms with van der Waals surface area (Å²) in [7, 11) is 0. The van der Waals surface area contributed by atoms with E-state index in [0.29, 0.717) is 5.92 Å². The molecule has 0 spiro atoms. The molecule has 3 aromatic heterocycles. The fraction of sp³-hybridized carbons (Fsp3) is 0.444. The second-order valence-corrected chi connectivity index (χ2v) is 15.7. The number of aromatic nitrogens is 2. The first-order valence-corrected chi connectivity index (χ1v) is 18.3. The molecule has 1 N–H and O–H groups in total. The van der Waals surface area contributed by atoms with Crippen LogP contribution in [-0.2, 0) is 36.7 Å². The zero-order valence-corrected chi connectivity index (χ0v) is 34.9. The molecule has 0 saturated carbocycles. The molecular formula is C45H57IrN2O3-. The summed E-state index contributed by atoms with van der Waals surface area (Å²) in [5.41, 5.74) is 6.65. The zero-order valence-electron chi connectivity index (χ0n) is 32.5. The van der Waals surface area contributed by atoms with Crippen molar-refractivity contribution in [1.82, 2.24) is 9.97 Å². The van der Waals surface area contributed by atoms with Gasteiger partial charge in [0, 0.05) is 54.3 Å². The second-order valence-electron chi connectivity index (χ2n) is 15.7. The molecular weight excluding hydrogens is 809 g/mol. The molecule has 3 heterocycles. The predicted molar refractivity (Wildman–Crippen MR) is 209 cm³/mol. The number of benzene rings is 2. The molecule has 0 unspecified atom stereocenters. The molecule has 0 aliphatic heterocycles. The van der Waals surface area contributed by atoms with Gasteiger partial charge in [0.2, 0.25) is 0 Å². The maximum absolute atomic E-state index is 12.2. The molecule has 51 heavy (non-hydrogen) atoms. The van der Waals surface area contributed by atoms with Gasteiger partial charge in [-0.1, -0.05) is 111 Å². The molecule has 5 rings (SSSR count). The number of furan rings is 1. The number of aliphatic hydroxyl groups excluding tert-OH is 1. The van der Waals surface area contributed by atoms with Crippen LogP contribution < -0.4 is 0 Å². The fourth-order valence-corrected chi connectivity index (χ4v) is 6.15. The third-order valence-corrected chi connectivity index (χ3v) is 10.7. The quantitative estimate of drug-likeness (QED) is 0.0813. The summed E-state index contributed by atoms with van der Waals surface area (Å²) in [5, 5.41) is 13.6. The molecule has 275 valence electrons. The van der Waals surface area contributed by atoms with Crippen molar-refractivity contribution in [3.63, 3.8) is 0 Å². The van der Waals surface area contributed by atoms with Gasteiger partial charge in [0.05, 0.1) is 18.2 Å². The van der Waals surface area contributed by atoms with Crippen molar-refractivity contribution in [2.75, 3.05) is 0 Å². The van der Waals surface area contributed by atoms with Crippen LogP contribution in [0.15, 0.2) is 83.4 Å². The standard InChI is InChI=1S/C30H29N2O.C15H28O2.Ir/c1-19(2)12-23-18-33-29-17-32-28(16-25(23)29)21-10-11-31-27(15-21)22-13-20-8-6-7-9-24(20)26(14-22)30(3,4)5;1-7-14(5,8-2)12(16)11-13(17)15(6,9-3)10-4;/h6-11,14-19H,12H2,1-5H3;11,16H,7-10H2,1-6H3;/q-1;;/b;12-11-;. The molecule has 0 aliphatic rings. The maximum Gasteiger partial charge on any atom is 0.164 e. The van der Waals surface area contributed by atoms with Crippen molar-refractivity contribution in [1.29, 1.82) is 0 Å². The van der Waals surface area contributed by atoms with Gasteiger partial charge in [0.25, 0.3) is 0 Å². The van der Waals surface area contributed by atoms with E-state index in [1.54, 1.807) is 0 Å². The number of carbonyl (C=O) groups excluding carboxylic acids is 1. The Bertz CT molecular complexity index is 1960. The largest absolute Gasteiger partial charge is 0.512 e. The van der Waals surface area contributed by atoms with Gasteiger partial charge in [-0.3, -0.25) is 14.8 Å². The van der Waals surface area contributed by atoms with E-state index < -0.39 is 0 Å². The summed E-state index contributed by atoms with van der Waals surface area (Å²) in [6.07, 6.45) is 11.3. The number of hydrogen-bond donors (Lipinski definition) is 1. The van der Waals surface area contributed by atoms with Gasteiger partial charge in [-0.05, 0) is 66.7 Å². The number of hydrogen-bond acceptors (Lipinski definition) is 5. The first-order valence-electron chi connectivity index (χ1n) is 18.3. The maximum atomic E-state index is 12.2. The number of rotatable bonds is 11. The Morgan fingerprint density at radius 2 is 1.51 bits per heavy atom. The molecule has 1 radical (unpaired) electrons. The SMILES string of the molecule is CC(C)Cc1coc2cnc(-c3ccnc(-c4[c-]c5ccccc5c(C(C)(C)C)c4)c3)cc12.CCC(C)(CC)C(=O)/C=C(\O)C(C)(CC)CC.[Ir]. The number of allylic oxidation sites excluding steroid dienone is 2. The average molecular weight is 866 g/mol. The topological polar surface area (TPSA) is 76.2 Å². The summed E-state index contributed by atoms with van der Waals surface area (Å²) >= 11 is 0. The molecule has 0 fully saturated rings. The number of pyridine rings is 2. The molecule has 5 nitrogen and oxygen atoms in total. The van der Waals surface area contributed by atoms with E-state index in [4.69, 9.17) is 9.40 Å². The average Bonchev–Trinajstić information content (AvgIpc) is 3.51. The van der Waals surface area contributed by atoms with Crippen LogP contribution in [0.1, 0.15) is 113 Å². The third-order valence-electron chi connectivity index (χ3n) is 10.7. The van der Waals surface area contributed by atoms with Crippen molar-refractivity contribution in [3.8, 4) is 22.5 Å². The first kappa shape index (κ1) is 41.8. The van der Waals surface area contributed by atoms with Crippen molar-refractivity contribution < 1.29 is 34.4 Å². The molecule has 0 saturated heterocycles. The summed E-state index contributed by atoms with van der Waals surface area (Å²) < 4.78 is 5.74. The molecule has 5 aromatic rings. The smallest absolute Gasteiger partial charge is 0.164 e. The Labute approximate surface area is 319 Å². The molecule has 0 bridgehead atoms. The molecule has 0 aliphatic carbocycles. The number of aliphatic hydroxyl groups is 1. The molecule has 0 atom stereocenters. The van der Waals surface area contributed by atoms with Crippen LogP contribution in [0.2, 0.25) is 0 Å². The normalized spacial score (nSPS) is 12.5. The minimum absolute atomic E-state index is 0. The van der Waals surface area contributed by atoms with E-state index in [-0.39, 0.29) is 47.9 Å². The molecule has 6 heteroatoms. The van der Waals surface area contributed by atoms with E-state index in [1.807, 2.05) is 66.3 Å². The summed E-state index contributed by atoms with van der Waals surface area (Å²) in [5.74, 6) is 0.851. The summed E-state index contributed by atoms with van der Waals surface area (Å²) in [6.45, 7) is 23.3. The number of ketones is 1. The van der Waals surface area contributed by atoms with E-state index in [0.717, 1.165) is 71.0 Å². The molecule has 2 aromatic carbocycles. The monoisotopic (exact) mass is 866 g/mol. The van der Waals surface area contributed by atoms with Gasteiger partial charge < -0.3 is 9.52 Å². The second kappa shape index (κ2) is 17.3. The van der Waals surface area contributed by atoms with Gasteiger partial charge in [0.1, 0.15) is 5.76 Å².